The van der Waals surface area contributed by atoms with Gasteiger partial charge in [0, 0.05) is 23.7 Å². The van der Waals surface area contributed by atoms with Crippen LogP contribution in [0.1, 0.15) is 36.6 Å². The van der Waals surface area contributed by atoms with Gasteiger partial charge in [-0.1, -0.05) is 13.8 Å². The molecule has 1 unspecified atom stereocenters. The van der Waals surface area contributed by atoms with Crippen LogP contribution in [0.2, 0.25) is 0 Å². The van der Waals surface area contributed by atoms with Crippen LogP contribution in [-0.2, 0) is 13.0 Å². The molecule has 5 nitrogen and oxygen atoms in total. The lowest BCUT2D eigenvalue weighted by Gasteiger charge is -2.23. The van der Waals surface area contributed by atoms with Gasteiger partial charge in [0.2, 0.25) is 0 Å². The fraction of sp³-hybridized carbons (Fsp3) is 0.714. The van der Waals surface area contributed by atoms with Crippen molar-refractivity contribution >= 4 is 41.3 Å². The number of nitrogens with zero attached hydrogens (tertiary/aromatic N) is 3. The summed E-state index contributed by atoms with van der Waals surface area (Å²) in [4.78, 5) is 12.5. The third-order valence-corrected chi connectivity index (χ3v) is 4.89. The number of thiazole rings is 1. The summed E-state index contributed by atoms with van der Waals surface area (Å²) in [6.45, 7) is 8.13. The number of nitrogens with one attached hydrogen (secondary N) is 1. The molecule has 0 bridgehead atoms. The molecule has 7 heteroatoms. The Kier molecular flexibility index (Phi) is 8.50. The summed E-state index contributed by atoms with van der Waals surface area (Å²) in [5.74, 6) is 0.529. The van der Waals surface area contributed by atoms with Gasteiger partial charge in [-0.15, -0.1) is 35.3 Å². The van der Waals surface area contributed by atoms with Gasteiger partial charge in [0.05, 0.1) is 6.54 Å². The largest absolute Gasteiger partial charge is 0.370 e. The van der Waals surface area contributed by atoms with E-state index in [-0.39, 0.29) is 24.0 Å². The number of hydrogen-bond acceptors (Lipinski definition) is 4. The van der Waals surface area contributed by atoms with Gasteiger partial charge in [-0.3, -0.25) is 4.90 Å². The number of rotatable bonds is 6. The molecule has 120 valence electrons. The molecule has 21 heavy (non-hydrogen) atoms. The predicted molar refractivity (Wildman–Crippen MR) is 101 cm³/mol. The maximum Gasteiger partial charge on any atom is 0.189 e. The Labute approximate surface area is 148 Å². The molecule has 0 amide bonds. The van der Waals surface area contributed by atoms with Crippen LogP contribution < -0.4 is 11.1 Å². The van der Waals surface area contributed by atoms with Crippen molar-refractivity contribution in [3.63, 3.8) is 0 Å². The van der Waals surface area contributed by atoms with Gasteiger partial charge in [-0.2, -0.15) is 0 Å². The van der Waals surface area contributed by atoms with Crippen molar-refractivity contribution in [3.8, 4) is 0 Å². The number of likely N-dealkylation sites (tertiary alicyclic amines) is 1. The van der Waals surface area contributed by atoms with Gasteiger partial charge < -0.3 is 11.1 Å². The standard InChI is InChI=1S/C14H25N5S.HI/c1-3-12-9-16-13(20-12)10-18-14(15)17-8-11-6-5-7-19(11)4-2;/h9,11H,3-8,10H2,1-2H3,(H3,15,17,18);1H. The minimum atomic E-state index is 0. The first kappa shape index (κ1) is 18.6. The maximum atomic E-state index is 5.92. The minimum absolute atomic E-state index is 0. The smallest absolute Gasteiger partial charge is 0.189 e. The molecular weight excluding hydrogens is 397 g/mol. The number of guanidine groups is 1. The van der Waals surface area contributed by atoms with Gasteiger partial charge in [0.1, 0.15) is 5.01 Å². The van der Waals surface area contributed by atoms with E-state index in [4.69, 9.17) is 5.73 Å². The molecule has 0 aromatic carbocycles. The Morgan fingerprint density at radius 3 is 3.05 bits per heavy atom. The van der Waals surface area contributed by atoms with Gasteiger partial charge >= 0.3 is 0 Å². The van der Waals surface area contributed by atoms with Crippen LogP contribution in [0.25, 0.3) is 0 Å². The molecule has 0 saturated carbocycles. The average Bonchev–Trinajstić information content (AvgIpc) is 3.11. The van der Waals surface area contributed by atoms with Crippen LogP contribution in [0.3, 0.4) is 0 Å². The van der Waals surface area contributed by atoms with Crippen molar-refractivity contribution in [2.45, 2.75) is 45.7 Å². The number of aryl methyl sites for hydroxylation is 1. The Balaban J connectivity index is 0.00000220. The summed E-state index contributed by atoms with van der Waals surface area (Å²) in [7, 11) is 0. The molecule has 1 atom stereocenters. The van der Waals surface area contributed by atoms with Gasteiger partial charge in [0.25, 0.3) is 0 Å². The van der Waals surface area contributed by atoms with Crippen molar-refractivity contribution in [2.75, 3.05) is 19.6 Å². The predicted octanol–water partition coefficient (Wildman–Crippen LogP) is 2.21. The van der Waals surface area contributed by atoms with Gasteiger partial charge in [-0.25, -0.2) is 9.98 Å². The third-order valence-electron chi connectivity index (χ3n) is 3.76. The second kappa shape index (κ2) is 9.58. The highest BCUT2D eigenvalue weighted by molar-refractivity contribution is 14.0. The monoisotopic (exact) mass is 423 g/mol. The fourth-order valence-corrected chi connectivity index (χ4v) is 3.35. The minimum Gasteiger partial charge on any atom is -0.370 e. The first-order valence-corrected chi connectivity index (χ1v) is 8.26. The van der Waals surface area contributed by atoms with Crippen LogP contribution in [0.15, 0.2) is 11.2 Å². The van der Waals surface area contributed by atoms with E-state index in [1.807, 2.05) is 6.20 Å². The molecule has 2 rings (SSSR count). The first-order chi connectivity index (χ1) is 9.72. The number of aromatic nitrogens is 1. The second-order valence-electron chi connectivity index (χ2n) is 5.08. The van der Waals surface area contributed by atoms with Crippen LogP contribution in [0.5, 0.6) is 0 Å². The Morgan fingerprint density at radius 1 is 1.57 bits per heavy atom. The number of likely N-dealkylation sites (N-methyl/N-ethyl adjacent to an activating group) is 1. The summed E-state index contributed by atoms with van der Waals surface area (Å²) in [6, 6.07) is 0.598. The molecule has 0 spiro atoms. The average molecular weight is 423 g/mol. The lowest BCUT2D eigenvalue weighted by molar-refractivity contribution is 0.267. The van der Waals surface area contributed by atoms with E-state index in [0.717, 1.165) is 24.5 Å². The first-order valence-electron chi connectivity index (χ1n) is 7.44. The molecular formula is C14H26IN5S. The van der Waals surface area contributed by atoms with Crippen LogP contribution in [-0.4, -0.2) is 41.5 Å². The molecule has 2 heterocycles. The SMILES string of the molecule is CCc1cnc(CN=C(N)NCC2CCCN2CC)s1.I. The Morgan fingerprint density at radius 2 is 2.38 bits per heavy atom. The molecule has 1 aromatic rings. The summed E-state index contributed by atoms with van der Waals surface area (Å²) in [5, 5.41) is 4.27. The van der Waals surface area contributed by atoms with Gasteiger partial charge in [-0.05, 0) is 32.4 Å². The Hall–Kier alpha value is -0.410. The maximum absolute atomic E-state index is 5.92. The zero-order valence-corrected chi connectivity index (χ0v) is 16.0. The molecule has 1 aromatic heterocycles. The van der Waals surface area contributed by atoms with E-state index in [1.54, 1.807) is 11.3 Å². The molecule has 0 aliphatic carbocycles. The van der Waals surface area contributed by atoms with Gasteiger partial charge in [0.15, 0.2) is 5.96 Å². The summed E-state index contributed by atoms with van der Waals surface area (Å²) in [6.07, 6.45) is 5.50. The Bertz CT molecular complexity index is 448. The van der Waals surface area contributed by atoms with E-state index in [2.05, 4.69) is 34.0 Å². The molecule has 1 fully saturated rings. The van der Waals surface area contributed by atoms with Crippen LogP contribution in [0, 0.1) is 0 Å². The molecule has 1 saturated heterocycles. The van der Waals surface area contributed by atoms with E-state index >= 15 is 0 Å². The molecule has 1 aliphatic heterocycles. The zero-order chi connectivity index (χ0) is 14.4. The number of nitrogens with two attached hydrogens (primary N) is 1. The topological polar surface area (TPSA) is 66.5 Å². The van der Waals surface area contributed by atoms with E-state index < -0.39 is 0 Å². The number of aliphatic imine (C=N–C) groups is 1. The highest BCUT2D eigenvalue weighted by Crippen LogP contribution is 2.16. The lowest BCUT2D eigenvalue weighted by Crippen LogP contribution is -2.42. The van der Waals surface area contributed by atoms with E-state index in [0.29, 0.717) is 18.5 Å². The van der Waals surface area contributed by atoms with E-state index in [1.165, 1.54) is 24.3 Å². The quantitative estimate of drug-likeness (QED) is 0.418. The molecule has 0 radical (unpaired) electrons. The molecule has 1 aliphatic rings. The van der Waals surface area contributed by atoms with Crippen molar-refractivity contribution < 1.29 is 0 Å². The van der Waals surface area contributed by atoms with E-state index in [9.17, 15) is 0 Å². The van der Waals surface area contributed by atoms with Crippen molar-refractivity contribution in [1.82, 2.24) is 15.2 Å². The zero-order valence-electron chi connectivity index (χ0n) is 12.8. The summed E-state index contributed by atoms with van der Waals surface area (Å²) >= 11 is 1.71. The highest BCUT2D eigenvalue weighted by atomic mass is 127. The fourth-order valence-electron chi connectivity index (χ4n) is 2.56. The van der Waals surface area contributed by atoms with Crippen LogP contribution >= 0.6 is 35.3 Å². The van der Waals surface area contributed by atoms with Crippen molar-refractivity contribution in [2.24, 2.45) is 10.7 Å². The highest BCUT2D eigenvalue weighted by Gasteiger charge is 2.22. The lowest BCUT2D eigenvalue weighted by atomic mass is 10.2. The summed E-state index contributed by atoms with van der Waals surface area (Å²) < 4.78 is 0. The summed E-state index contributed by atoms with van der Waals surface area (Å²) in [5.41, 5.74) is 5.92. The molecule has 3 N–H and O–H groups in total. The normalized spacial score (nSPS) is 19.5. The number of hydrogen-bond donors (Lipinski definition) is 2. The van der Waals surface area contributed by atoms with Crippen molar-refractivity contribution in [3.05, 3.63) is 16.1 Å². The van der Waals surface area contributed by atoms with Crippen molar-refractivity contribution in [1.29, 1.82) is 0 Å². The third kappa shape index (κ3) is 5.71. The number of halogens is 1. The second-order valence-corrected chi connectivity index (χ2v) is 6.28. The van der Waals surface area contributed by atoms with Crippen LogP contribution in [0.4, 0.5) is 0 Å².